The molecule has 2 aromatic carbocycles. The number of benzene rings is 2. The summed E-state index contributed by atoms with van der Waals surface area (Å²) in [6, 6.07) is 9.62. The lowest BCUT2D eigenvalue weighted by atomic mass is 10.2. The molecule has 12 heteroatoms. The van der Waals surface area contributed by atoms with Gasteiger partial charge in [-0.25, -0.2) is 12.8 Å². The molecule has 0 aliphatic rings. The molecule has 3 rings (SSSR count). The standard InChI is InChI=1S/C17H11Cl2FN4O4S/c18-14-9-21-24(17(26)15(14)19)12-5-7-13(8-6-12)29(27,28)23-22-16(25)10-1-3-11(20)4-2-10/h1-9,23H,(H,22,25). The molecule has 29 heavy (non-hydrogen) atoms. The first kappa shape index (κ1) is 20.9. The molecule has 0 saturated heterocycles. The molecule has 150 valence electrons. The average molecular weight is 457 g/mol. The summed E-state index contributed by atoms with van der Waals surface area (Å²) in [5.74, 6) is -1.30. The van der Waals surface area contributed by atoms with E-state index in [0.29, 0.717) is 0 Å². The van der Waals surface area contributed by atoms with Gasteiger partial charge in [0.1, 0.15) is 10.8 Å². The lowest BCUT2D eigenvalue weighted by molar-refractivity contribution is 0.0945. The van der Waals surface area contributed by atoms with Crippen LogP contribution in [0.2, 0.25) is 10.0 Å². The van der Waals surface area contributed by atoms with Gasteiger partial charge in [0.25, 0.3) is 21.5 Å². The maximum atomic E-state index is 12.9. The predicted octanol–water partition coefficient (Wildman–Crippen LogP) is 2.30. The first-order chi connectivity index (χ1) is 13.7. The van der Waals surface area contributed by atoms with Crippen molar-refractivity contribution < 1.29 is 17.6 Å². The number of halogens is 3. The normalized spacial score (nSPS) is 11.3. The summed E-state index contributed by atoms with van der Waals surface area (Å²) in [5, 5.41) is 3.61. The van der Waals surface area contributed by atoms with Gasteiger partial charge in [-0.3, -0.25) is 15.0 Å². The summed E-state index contributed by atoms with van der Waals surface area (Å²) in [6.45, 7) is 0. The van der Waals surface area contributed by atoms with Crippen LogP contribution >= 0.6 is 23.2 Å². The summed E-state index contributed by atoms with van der Waals surface area (Å²) >= 11 is 11.5. The highest BCUT2D eigenvalue weighted by Gasteiger charge is 2.17. The number of aromatic nitrogens is 2. The van der Waals surface area contributed by atoms with E-state index in [1.807, 2.05) is 10.3 Å². The predicted molar refractivity (Wildman–Crippen MR) is 104 cm³/mol. The van der Waals surface area contributed by atoms with Crippen LogP contribution in [0, 0.1) is 5.82 Å². The molecule has 0 aliphatic carbocycles. The number of amides is 1. The number of hydrazine groups is 1. The third kappa shape index (κ3) is 4.62. The Kier molecular flexibility index (Phi) is 5.99. The van der Waals surface area contributed by atoms with Crippen LogP contribution in [0.5, 0.6) is 0 Å². The minimum atomic E-state index is -4.11. The van der Waals surface area contributed by atoms with Gasteiger partial charge in [0.05, 0.1) is 21.8 Å². The monoisotopic (exact) mass is 456 g/mol. The molecule has 1 amide bonds. The lowest BCUT2D eigenvalue weighted by Crippen LogP contribution is -2.41. The highest BCUT2D eigenvalue weighted by atomic mass is 35.5. The van der Waals surface area contributed by atoms with E-state index in [0.717, 1.165) is 16.8 Å². The molecule has 0 atom stereocenters. The van der Waals surface area contributed by atoms with Gasteiger partial charge in [-0.2, -0.15) is 9.78 Å². The van der Waals surface area contributed by atoms with Crippen LogP contribution in [0.25, 0.3) is 5.69 Å². The van der Waals surface area contributed by atoms with Crippen molar-refractivity contribution in [3.8, 4) is 5.69 Å². The smallest absolute Gasteiger partial charge is 0.273 e. The quantitative estimate of drug-likeness (QED) is 0.572. The van der Waals surface area contributed by atoms with Crippen LogP contribution in [0.3, 0.4) is 0 Å². The van der Waals surface area contributed by atoms with Crippen molar-refractivity contribution >= 4 is 39.1 Å². The van der Waals surface area contributed by atoms with Crippen molar-refractivity contribution in [1.82, 2.24) is 20.0 Å². The average Bonchev–Trinajstić information content (AvgIpc) is 2.71. The Morgan fingerprint density at radius 1 is 1.03 bits per heavy atom. The van der Waals surface area contributed by atoms with E-state index >= 15 is 0 Å². The fraction of sp³-hybridized carbons (Fsp3) is 0. The van der Waals surface area contributed by atoms with Crippen LogP contribution in [0.4, 0.5) is 4.39 Å². The van der Waals surface area contributed by atoms with E-state index in [4.69, 9.17) is 23.2 Å². The van der Waals surface area contributed by atoms with Gasteiger partial charge in [0.15, 0.2) is 0 Å². The van der Waals surface area contributed by atoms with E-state index in [2.05, 4.69) is 5.10 Å². The van der Waals surface area contributed by atoms with Crippen molar-refractivity contribution in [3.63, 3.8) is 0 Å². The van der Waals surface area contributed by atoms with Gasteiger partial charge in [-0.1, -0.05) is 23.2 Å². The lowest BCUT2D eigenvalue weighted by Gasteiger charge is -2.10. The number of carbonyl (C=O) groups is 1. The number of hydrogen-bond donors (Lipinski definition) is 2. The van der Waals surface area contributed by atoms with Crippen LogP contribution < -0.4 is 15.8 Å². The van der Waals surface area contributed by atoms with Crippen molar-refractivity contribution in [2.75, 3.05) is 0 Å². The number of nitrogens with zero attached hydrogens (tertiary/aromatic N) is 2. The van der Waals surface area contributed by atoms with Gasteiger partial charge < -0.3 is 0 Å². The zero-order valence-electron chi connectivity index (χ0n) is 14.3. The van der Waals surface area contributed by atoms with E-state index in [-0.39, 0.29) is 26.2 Å². The van der Waals surface area contributed by atoms with Crippen molar-refractivity contribution in [2.24, 2.45) is 0 Å². The Bertz CT molecular complexity index is 1230. The molecule has 2 N–H and O–H groups in total. The molecular formula is C17H11Cl2FN4O4S. The number of sulfonamides is 1. The highest BCUT2D eigenvalue weighted by molar-refractivity contribution is 7.89. The second-order valence-electron chi connectivity index (χ2n) is 5.58. The summed E-state index contributed by atoms with van der Waals surface area (Å²) < 4.78 is 38.5. The molecule has 0 radical (unpaired) electrons. The van der Waals surface area contributed by atoms with Crippen molar-refractivity contribution in [3.05, 3.63) is 86.5 Å². The summed E-state index contributed by atoms with van der Waals surface area (Å²) in [5.41, 5.74) is 1.68. The Morgan fingerprint density at radius 3 is 2.28 bits per heavy atom. The van der Waals surface area contributed by atoms with Gasteiger partial charge in [0, 0.05) is 5.56 Å². The third-order valence-corrected chi connectivity index (χ3v) is 5.69. The number of hydrogen-bond acceptors (Lipinski definition) is 5. The third-order valence-electron chi connectivity index (χ3n) is 3.67. The highest BCUT2D eigenvalue weighted by Crippen LogP contribution is 2.17. The maximum Gasteiger partial charge on any atom is 0.291 e. The van der Waals surface area contributed by atoms with Gasteiger partial charge in [0.2, 0.25) is 0 Å². The number of rotatable bonds is 5. The molecule has 0 spiro atoms. The largest absolute Gasteiger partial charge is 0.291 e. The zero-order chi connectivity index (χ0) is 21.2. The van der Waals surface area contributed by atoms with E-state index in [1.54, 1.807) is 0 Å². The second kappa shape index (κ2) is 8.29. The minimum Gasteiger partial charge on any atom is -0.273 e. The molecule has 0 bridgehead atoms. The molecule has 0 saturated carbocycles. The van der Waals surface area contributed by atoms with E-state index in [1.165, 1.54) is 42.6 Å². The minimum absolute atomic E-state index is 0.00629. The molecule has 1 aromatic heterocycles. The Labute approximate surface area is 173 Å². The zero-order valence-corrected chi connectivity index (χ0v) is 16.6. The Balaban J connectivity index is 1.76. The number of nitrogens with one attached hydrogen (secondary N) is 2. The summed E-state index contributed by atoms with van der Waals surface area (Å²) in [7, 11) is -4.11. The molecule has 0 fully saturated rings. The molecule has 3 aromatic rings. The summed E-state index contributed by atoms with van der Waals surface area (Å²) in [4.78, 5) is 25.8. The molecule has 0 aliphatic heterocycles. The number of carbonyl (C=O) groups excluding carboxylic acids is 1. The van der Waals surface area contributed by atoms with Gasteiger partial charge >= 0.3 is 0 Å². The van der Waals surface area contributed by atoms with Crippen LogP contribution in [0.15, 0.2) is 64.4 Å². The molecule has 8 nitrogen and oxygen atoms in total. The second-order valence-corrected chi connectivity index (χ2v) is 8.05. The fourth-order valence-electron chi connectivity index (χ4n) is 2.21. The molecule has 0 unspecified atom stereocenters. The summed E-state index contributed by atoms with van der Waals surface area (Å²) in [6.07, 6.45) is 1.18. The first-order valence-corrected chi connectivity index (χ1v) is 10.0. The van der Waals surface area contributed by atoms with Crippen molar-refractivity contribution in [2.45, 2.75) is 4.90 Å². The molecular weight excluding hydrogens is 446 g/mol. The molecule has 1 heterocycles. The van der Waals surface area contributed by atoms with Gasteiger partial charge in [-0.15, -0.1) is 4.83 Å². The SMILES string of the molecule is O=C(NNS(=O)(=O)c1ccc(-n2ncc(Cl)c(Cl)c2=O)cc1)c1ccc(F)cc1. The van der Waals surface area contributed by atoms with Gasteiger partial charge in [-0.05, 0) is 48.5 Å². The Hall–Kier alpha value is -2.79. The fourth-order valence-corrected chi connectivity index (χ4v) is 3.30. The first-order valence-electron chi connectivity index (χ1n) is 7.80. The van der Waals surface area contributed by atoms with E-state index < -0.39 is 27.3 Å². The van der Waals surface area contributed by atoms with Crippen LogP contribution in [0.1, 0.15) is 10.4 Å². The topological polar surface area (TPSA) is 110 Å². The van der Waals surface area contributed by atoms with Crippen molar-refractivity contribution in [1.29, 1.82) is 0 Å². The van der Waals surface area contributed by atoms with Crippen LogP contribution in [-0.4, -0.2) is 24.1 Å². The van der Waals surface area contributed by atoms with Crippen LogP contribution in [-0.2, 0) is 10.0 Å². The Morgan fingerprint density at radius 2 is 1.66 bits per heavy atom. The maximum absolute atomic E-state index is 12.9. The van der Waals surface area contributed by atoms with E-state index in [9.17, 15) is 22.4 Å².